The van der Waals surface area contributed by atoms with E-state index in [1.54, 1.807) is 24.3 Å². The first-order valence-electron chi connectivity index (χ1n) is 6.00. The number of carbonyl (C=O) groups excluding carboxylic acids is 1. The van der Waals surface area contributed by atoms with Gasteiger partial charge in [0.1, 0.15) is 5.75 Å². The molecule has 0 saturated heterocycles. The molecular weight excluding hydrogens is 216 g/mol. The fourth-order valence-corrected chi connectivity index (χ4v) is 1.37. The van der Waals surface area contributed by atoms with Crippen molar-refractivity contribution in [3.8, 4) is 5.75 Å². The second-order valence-electron chi connectivity index (χ2n) is 4.46. The van der Waals surface area contributed by atoms with E-state index in [9.17, 15) is 4.79 Å². The summed E-state index contributed by atoms with van der Waals surface area (Å²) in [6, 6.07) is 6.64. The molecule has 0 spiro atoms. The maximum absolute atomic E-state index is 11.8. The average Bonchev–Trinajstić information content (AvgIpc) is 2.35. The zero-order chi connectivity index (χ0) is 12.8. The van der Waals surface area contributed by atoms with Gasteiger partial charge in [-0.1, -0.05) is 32.4 Å². The molecule has 0 amide bonds. The Hall–Kier alpha value is -1.51. The lowest BCUT2D eigenvalue weighted by atomic mass is 10.0. The number of aromatic hydroxyl groups is 1. The first-order chi connectivity index (χ1) is 8.04. The zero-order valence-electron chi connectivity index (χ0n) is 10.6. The molecule has 1 rings (SSSR count). The van der Waals surface area contributed by atoms with Crippen LogP contribution in [0.4, 0.5) is 0 Å². The van der Waals surface area contributed by atoms with Gasteiger partial charge in [0.15, 0.2) is 0 Å². The van der Waals surface area contributed by atoms with E-state index in [-0.39, 0.29) is 17.6 Å². The van der Waals surface area contributed by atoms with Crippen molar-refractivity contribution in [2.75, 3.05) is 6.61 Å². The molecule has 1 unspecified atom stereocenters. The Morgan fingerprint density at radius 1 is 1.29 bits per heavy atom. The van der Waals surface area contributed by atoms with E-state index in [1.807, 2.05) is 6.92 Å². The summed E-state index contributed by atoms with van der Waals surface area (Å²) in [4.78, 5) is 11.8. The average molecular weight is 236 g/mol. The molecule has 2 atom stereocenters. The molecule has 0 heterocycles. The number of carbonyl (C=O) groups is 1. The van der Waals surface area contributed by atoms with Crippen LogP contribution in [0, 0.1) is 5.92 Å². The topological polar surface area (TPSA) is 46.5 Å². The van der Waals surface area contributed by atoms with Crippen molar-refractivity contribution in [3.05, 3.63) is 29.8 Å². The molecule has 0 radical (unpaired) electrons. The maximum atomic E-state index is 11.8. The van der Waals surface area contributed by atoms with Gasteiger partial charge in [0.05, 0.1) is 12.5 Å². The summed E-state index contributed by atoms with van der Waals surface area (Å²) in [6.45, 7) is 6.41. The van der Waals surface area contributed by atoms with Crippen LogP contribution in [-0.2, 0) is 9.53 Å². The fraction of sp³-hybridized carbons (Fsp3) is 0.500. The van der Waals surface area contributed by atoms with Crippen molar-refractivity contribution < 1.29 is 14.6 Å². The minimum atomic E-state index is -0.292. The number of esters is 1. The van der Waals surface area contributed by atoms with Crippen LogP contribution in [0.25, 0.3) is 0 Å². The molecular formula is C14H20O3. The Bertz CT molecular complexity index is 356. The molecule has 0 saturated carbocycles. The van der Waals surface area contributed by atoms with Crippen LogP contribution < -0.4 is 0 Å². The van der Waals surface area contributed by atoms with Gasteiger partial charge in [-0.15, -0.1) is 0 Å². The minimum absolute atomic E-state index is 0.203. The summed E-state index contributed by atoms with van der Waals surface area (Å²) in [5.41, 5.74) is 0.858. The van der Waals surface area contributed by atoms with Crippen LogP contribution in [0.1, 0.15) is 38.7 Å². The van der Waals surface area contributed by atoms with Gasteiger partial charge in [0.25, 0.3) is 0 Å². The number of hydrogen-bond acceptors (Lipinski definition) is 3. The monoisotopic (exact) mass is 236 g/mol. The van der Waals surface area contributed by atoms with Gasteiger partial charge in [-0.25, -0.2) is 0 Å². The second-order valence-corrected chi connectivity index (χ2v) is 4.46. The van der Waals surface area contributed by atoms with E-state index in [0.717, 1.165) is 12.0 Å². The quantitative estimate of drug-likeness (QED) is 0.799. The highest BCUT2D eigenvalue weighted by Crippen LogP contribution is 2.20. The molecule has 94 valence electrons. The highest BCUT2D eigenvalue weighted by atomic mass is 16.5. The molecule has 3 nitrogen and oxygen atoms in total. The fourth-order valence-electron chi connectivity index (χ4n) is 1.37. The van der Waals surface area contributed by atoms with E-state index in [0.29, 0.717) is 12.5 Å². The third kappa shape index (κ3) is 4.10. The molecule has 3 heteroatoms. The molecule has 0 bridgehead atoms. The highest BCUT2D eigenvalue weighted by molar-refractivity contribution is 5.77. The van der Waals surface area contributed by atoms with E-state index < -0.39 is 0 Å². The maximum Gasteiger partial charge on any atom is 0.313 e. The van der Waals surface area contributed by atoms with Gasteiger partial charge in [-0.3, -0.25) is 4.79 Å². The van der Waals surface area contributed by atoms with Gasteiger partial charge in [0, 0.05) is 0 Å². The number of ether oxygens (including phenoxy) is 1. The van der Waals surface area contributed by atoms with Crippen molar-refractivity contribution in [2.24, 2.45) is 5.92 Å². The molecule has 1 N–H and O–H groups in total. The number of hydrogen-bond donors (Lipinski definition) is 1. The minimum Gasteiger partial charge on any atom is -0.508 e. The predicted molar refractivity (Wildman–Crippen MR) is 66.9 cm³/mol. The molecule has 0 aliphatic heterocycles. The summed E-state index contributed by atoms with van der Waals surface area (Å²) in [5, 5.41) is 9.17. The van der Waals surface area contributed by atoms with Crippen molar-refractivity contribution in [1.29, 1.82) is 0 Å². The van der Waals surface area contributed by atoms with Crippen LogP contribution in [0.3, 0.4) is 0 Å². The SMILES string of the molecule is CCC(C)COC(=O)[C@@H](C)c1ccc(O)cc1. The van der Waals surface area contributed by atoms with Crippen LogP contribution in [-0.4, -0.2) is 17.7 Å². The standard InChI is InChI=1S/C14H20O3/c1-4-10(2)9-17-14(16)11(3)12-5-7-13(15)8-6-12/h5-8,10-11,15H,4,9H2,1-3H3/t10?,11-/m0/s1. The first-order valence-corrected chi connectivity index (χ1v) is 6.00. The van der Waals surface area contributed by atoms with Gasteiger partial charge >= 0.3 is 5.97 Å². The molecule has 0 aliphatic carbocycles. The van der Waals surface area contributed by atoms with Gasteiger partial charge in [0.2, 0.25) is 0 Å². The Kier molecular flexibility index (Phi) is 5.01. The lowest BCUT2D eigenvalue weighted by molar-refractivity contribution is -0.146. The van der Waals surface area contributed by atoms with Crippen LogP contribution in [0.2, 0.25) is 0 Å². The smallest absolute Gasteiger partial charge is 0.313 e. The number of rotatable bonds is 5. The lowest BCUT2D eigenvalue weighted by Gasteiger charge is -2.14. The van der Waals surface area contributed by atoms with E-state index >= 15 is 0 Å². The van der Waals surface area contributed by atoms with Crippen molar-refractivity contribution >= 4 is 5.97 Å². The summed E-state index contributed by atoms with van der Waals surface area (Å²) >= 11 is 0. The zero-order valence-corrected chi connectivity index (χ0v) is 10.6. The normalized spacial score (nSPS) is 14.1. The van der Waals surface area contributed by atoms with Crippen molar-refractivity contribution in [3.63, 3.8) is 0 Å². The summed E-state index contributed by atoms with van der Waals surface area (Å²) in [7, 11) is 0. The van der Waals surface area contributed by atoms with Crippen LogP contribution in [0.15, 0.2) is 24.3 Å². The van der Waals surface area contributed by atoms with E-state index in [2.05, 4.69) is 13.8 Å². The molecule has 0 aliphatic rings. The third-order valence-corrected chi connectivity index (χ3v) is 2.95. The van der Waals surface area contributed by atoms with Crippen LogP contribution >= 0.6 is 0 Å². The molecule has 1 aromatic rings. The second kappa shape index (κ2) is 6.28. The Morgan fingerprint density at radius 2 is 1.88 bits per heavy atom. The summed E-state index contributed by atoms with van der Waals surface area (Å²) in [6.07, 6.45) is 1.00. The van der Waals surface area contributed by atoms with Crippen molar-refractivity contribution in [1.82, 2.24) is 0 Å². The largest absolute Gasteiger partial charge is 0.508 e. The number of benzene rings is 1. The first kappa shape index (κ1) is 13.6. The van der Waals surface area contributed by atoms with Crippen LogP contribution in [0.5, 0.6) is 5.75 Å². The summed E-state index contributed by atoms with van der Waals surface area (Å²) in [5.74, 6) is 0.0931. The van der Waals surface area contributed by atoms with E-state index in [1.165, 1.54) is 0 Å². The Balaban J connectivity index is 2.54. The Morgan fingerprint density at radius 3 is 2.41 bits per heavy atom. The molecule has 0 fully saturated rings. The molecule has 1 aromatic carbocycles. The van der Waals surface area contributed by atoms with E-state index in [4.69, 9.17) is 9.84 Å². The Labute approximate surface area is 102 Å². The predicted octanol–water partition coefficient (Wildman–Crippen LogP) is 3.09. The third-order valence-electron chi connectivity index (χ3n) is 2.95. The van der Waals surface area contributed by atoms with Gasteiger partial charge in [-0.2, -0.15) is 0 Å². The van der Waals surface area contributed by atoms with Crippen molar-refractivity contribution in [2.45, 2.75) is 33.1 Å². The lowest BCUT2D eigenvalue weighted by Crippen LogP contribution is -2.16. The number of phenolic OH excluding ortho intramolecular Hbond substituents is 1. The number of phenols is 1. The summed E-state index contributed by atoms with van der Waals surface area (Å²) < 4.78 is 5.24. The molecule has 17 heavy (non-hydrogen) atoms. The molecule has 0 aromatic heterocycles. The van der Waals surface area contributed by atoms with Gasteiger partial charge in [-0.05, 0) is 30.5 Å². The van der Waals surface area contributed by atoms with Gasteiger partial charge < -0.3 is 9.84 Å². The highest BCUT2D eigenvalue weighted by Gasteiger charge is 2.17.